The van der Waals surface area contributed by atoms with Crippen molar-refractivity contribution in [2.45, 2.75) is 19.0 Å². The molecule has 1 saturated heterocycles. The topological polar surface area (TPSA) is 74.6 Å². The highest BCUT2D eigenvalue weighted by molar-refractivity contribution is 5.96. The van der Waals surface area contributed by atoms with Gasteiger partial charge in [0.25, 0.3) is 0 Å². The van der Waals surface area contributed by atoms with Crippen molar-refractivity contribution >= 4 is 17.6 Å². The van der Waals surface area contributed by atoms with Crippen LogP contribution in [-0.4, -0.2) is 24.5 Å². The normalized spacial score (nSPS) is 17.3. The quantitative estimate of drug-likeness (QED) is 0.906. The lowest BCUT2D eigenvalue weighted by atomic mass is 10.2. The van der Waals surface area contributed by atoms with Gasteiger partial charge in [-0.05, 0) is 30.3 Å². The average Bonchev–Trinajstić information content (AvgIpc) is 3.15. The summed E-state index contributed by atoms with van der Waals surface area (Å²) < 4.78 is 18.4. The summed E-state index contributed by atoms with van der Waals surface area (Å²) in [5.41, 5.74) is 0.496. The Kier molecular flexibility index (Phi) is 4.27. The molecule has 1 aromatic heterocycles. The Balaban J connectivity index is 1.54. The fourth-order valence-electron chi connectivity index (χ4n) is 2.51. The van der Waals surface area contributed by atoms with Crippen molar-refractivity contribution in [3.05, 3.63) is 54.2 Å². The van der Waals surface area contributed by atoms with Crippen LogP contribution >= 0.6 is 0 Å². The third-order valence-corrected chi connectivity index (χ3v) is 3.58. The summed E-state index contributed by atoms with van der Waals surface area (Å²) in [5, 5.41) is 5.39. The summed E-state index contributed by atoms with van der Waals surface area (Å²) in [6.07, 6.45) is 1.71. The van der Waals surface area contributed by atoms with Gasteiger partial charge in [-0.2, -0.15) is 0 Å². The second-order valence-corrected chi connectivity index (χ2v) is 5.29. The van der Waals surface area contributed by atoms with Gasteiger partial charge in [-0.1, -0.05) is 6.07 Å². The predicted octanol–water partition coefficient (Wildman–Crippen LogP) is 2.02. The molecule has 23 heavy (non-hydrogen) atoms. The van der Waals surface area contributed by atoms with Crippen LogP contribution in [0.15, 0.2) is 47.1 Å². The van der Waals surface area contributed by atoms with E-state index in [0.29, 0.717) is 18.0 Å². The van der Waals surface area contributed by atoms with Crippen LogP contribution in [0.1, 0.15) is 12.2 Å². The SMILES string of the molecule is O=C(NCc1ccco1)NC1CC(=O)N(c2cccc(F)c2)C1. The van der Waals surface area contributed by atoms with Gasteiger partial charge in [0.05, 0.1) is 18.8 Å². The Morgan fingerprint density at radius 2 is 2.22 bits per heavy atom. The van der Waals surface area contributed by atoms with Crippen LogP contribution in [0, 0.1) is 5.82 Å². The van der Waals surface area contributed by atoms with Gasteiger partial charge in [0.15, 0.2) is 0 Å². The van der Waals surface area contributed by atoms with E-state index in [9.17, 15) is 14.0 Å². The van der Waals surface area contributed by atoms with Gasteiger partial charge in [0.1, 0.15) is 11.6 Å². The van der Waals surface area contributed by atoms with Crippen LogP contribution in [-0.2, 0) is 11.3 Å². The molecule has 0 bridgehead atoms. The van der Waals surface area contributed by atoms with Crippen molar-refractivity contribution in [3.63, 3.8) is 0 Å². The second kappa shape index (κ2) is 6.51. The smallest absolute Gasteiger partial charge is 0.315 e. The van der Waals surface area contributed by atoms with Gasteiger partial charge >= 0.3 is 6.03 Å². The number of amides is 3. The van der Waals surface area contributed by atoms with Crippen molar-refractivity contribution in [2.24, 2.45) is 0 Å². The van der Waals surface area contributed by atoms with Gasteiger partial charge in [0.2, 0.25) is 5.91 Å². The van der Waals surface area contributed by atoms with Gasteiger partial charge in [0, 0.05) is 18.7 Å². The molecule has 2 N–H and O–H groups in total. The fourth-order valence-corrected chi connectivity index (χ4v) is 2.51. The summed E-state index contributed by atoms with van der Waals surface area (Å²) in [6.45, 7) is 0.587. The number of anilines is 1. The number of carbonyl (C=O) groups is 2. The molecule has 1 aliphatic rings. The fraction of sp³-hybridized carbons (Fsp3) is 0.250. The molecule has 3 amide bonds. The molecule has 1 aliphatic heterocycles. The first kappa shape index (κ1) is 15.1. The zero-order valence-electron chi connectivity index (χ0n) is 12.3. The molecule has 0 aliphatic carbocycles. The van der Waals surface area contributed by atoms with E-state index in [-0.39, 0.29) is 30.9 Å². The maximum Gasteiger partial charge on any atom is 0.315 e. The van der Waals surface area contributed by atoms with E-state index in [1.54, 1.807) is 24.3 Å². The number of hydrogen-bond donors (Lipinski definition) is 2. The maximum absolute atomic E-state index is 13.3. The summed E-state index contributed by atoms with van der Waals surface area (Å²) in [6, 6.07) is 8.64. The van der Waals surface area contributed by atoms with E-state index in [2.05, 4.69) is 10.6 Å². The Morgan fingerprint density at radius 3 is 2.96 bits per heavy atom. The zero-order valence-corrected chi connectivity index (χ0v) is 12.3. The lowest BCUT2D eigenvalue weighted by Crippen LogP contribution is -2.43. The minimum Gasteiger partial charge on any atom is -0.467 e. The van der Waals surface area contributed by atoms with Crippen LogP contribution in [0.2, 0.25) is 0 Å². The zero-order chi connectivity index (χ0) is 16.2. The van der Waals surface area contributed by atoms with Crippen LogP contribution in [0.5, 0.6) is 0 Å². The minimum absolute atomic E-state index is 0.146. The van der Waals surface area contributed by atoms with Gasteiger partial charge in [-0.25, -0.2) is 9.18 Å². The van der Waals surface area contributed by atoms with Crippen LogP contribution < -0.4 is 15.5 Å². The maximum atomic E-state index is 13.3. The monoisotopic (exact) mass is 317 g/mol. The van der Waals surface area contributed by atoms with E-state index in [0.717, 1.165) is 0 Å². The third-order valence-electron chi connectivity index (χ3n) is 3.58. The molecule has 1 aromatic carbocycles. The molecule has 0 spiro atoms. The molecule has 7 heteroatoms. The molecular weight excluding hydrogens is 301 g/mol. The first-order chi connectivity index (χ1) is 11.1. The highest BCUT2D eigenvalue weighted by atomic mass is 19.1. The second-order valence-electron chi connectivity index (χ2n) is 5.29. The number of nitrogens with one attached hydrogen (secondary N) is 2. The van der Waals surface area contributed by atoms with E-state index in [4.69, 9.17) is 4.42 Å². The summed E-state index contributed by atoms with van der Waals surface area (Å²) in [4.78, 5) is 25.4. The minimum atomic E-state index is -0.400. The largest absolute Gasteiger partial charge is 0.467 e. The molecule has 6 nitrogen and oxygen atoms in total. The number of carbonyl (C=O) groups excluding carboxylic acids is 2. The van der Waals surface area contributed by atoms with Crippen LogP contribution in [0.25, 0.3) is 0 Å². The molecule has 120 valence electrons. The van der Waals surface area contributed by atoms with Crippen molar-refractivity contribution in [1.29, 1.82) is 0 Å². The number of halogens is 1. The van der Waals surface area contributed by atoms with Crippen molar-refractivity contribution < 1.29 is 18.4 Å². The molecule has 0 radical (unpaired) electrons. The van der Waals surface area contributed by atoms with Gasteiger partial charge < -0.3 is 20.0 Å². The first-order valence-electron chi connectivity index (χ1n) is 7.24. The molecule has 2 aromatic rings. The standard InChI is InChI=1S/C16H16FN3O3/c17-11-3-1-4-13(7-11)20-10-12(8-15(20)21)19-16(22)18-9-14-5-2-6-23-14/h1-7,12H,8-10H2,(H2,18,19,22). The van der Waals surface area contributed by atoms with Crippen molar-refractivity contribution in [3.8, 4) is 0 Å². The molecular formula is C16H16FN3O3. The molecule has 3 rings (SSSR count). The Morgan fingerprint density at radius 1 is 1.35 bits per heavy atom. The highest BCUT2D eigenvalue weighted by Gasteiger charge is 2.31. The van der Waals surface area contributed by atoms with Gasteiger partial charge in [-0.3, -0.25) is 4.79 Å². The number of nitrogens with zero attached hydrogens (tertiary/aromatic N) is 1. The number of furan rings is 1. The number of urea groups is 1. The van der Waals surface area contributed by atoms with Crippen LogP contribution in [0.3, 0.4) is 0 Å². The van der Waals surface area contributed by atoms with E-state index in [1.807, 2.05) is 0 Å². The first-order valence-corrected chi connectivity index (χ1v) is 7.24. The van der Waals surface area contributed by atoms with Crippen molar-refractivity contribution in [2.75, 3.05) is 11.4 Å². The molecule has 1 atom stereocenters. The lowest BCUT2D eigenvalue weighted by Gasteiger charge is -2.17. The average molecular weight is 317 g/mol. The van der Waals surface area contributed by atoms with Gasteiger partial charge in [-0.15, -0.1) is 0 Å². The Bertz CT molecular complexity index is 702. The third kappa shape index (κ3) is 3.68. The van der Waals surface area contributed by atoms with E-state index in [1.165, 1.54) is 23.3 Å². The van der Waals surface area contributed by atoms with Crippen molar-refractivity contribution in [1.82, 2.24) is 10.6 Å². The molecule has 1 unspecified atom stereocenters. The Hall–Kier alpha value is -2.83. The number of hydrogen-bond acceptors (Lipinski definition) is 3. The molecule has 2 heterocycles. The number of rotatable bonds is 4. The summed E-state index contributed by atoms with van der Waals surface area (Å²) in [7, 11) is 0. The predicted molar refractivity (Wildman–Crippen MR) is 81.2 cm³/mol. The molecule has 1 fully saturated rings. The van der Waals surface area contributed by atoms with E-state index < -0.39 is 5.82 Å². The highest BCUT2D eigenvalue weighted by Crippen LogP contribution is 2.22. The van der Waals surface area contributed by atoms with Crippen LogP contribution in [0.4, 0.5) is 14.9 Å². The summed E-state index contributed by atoms with van der Waals surface area (Å²) in [5.74, 6) is 0.0962. The number of benzene rings is 1. The lowest BCUT2D eigenvalue weighted by molar-refractivity contribution is -0.117. The summed E-state index contributed by atoms with van der Waals surface area (Å²) >= 11 is 0. The molecule has 0 saturated carbocycles. The Labute approximate surface area is 132 Å². The van der Waals surface area contributed by atoms with E-state index >= 15 is 0 Å².